The van der Waals surface area contributed by atoms with Crippen LogP contribution in [0.15, 0.2) is 24.3 Å². The molecule has 0 heterocycles. The van der Waals surface area contributed by atoms with Crippen LogP contribution in [0.5, 0.6) is 0 Å². The zero-order valence-electron chi connectivity index (χ0n) is 54.3. The lowest BCUT2D eigenvalue weighted by Gasteiger charge is -2.20. The predicted molar refractivity (Wildman–Crippen MR) is 352 cm³/mol. The molecule has 0 aliphatic rings. The molecule has 2 unspecified atom stereocenters. The molecule has 80 heavy (non-hydrogen) atoms. The van der Waals surface area contributed by atoms with Gasteiger partial charge < -0.3 is 20.3 Å². The first-order valence-corrected chi connectivity index (χ1v) is 36.6. The molecule has 3 N–H and O–H groups in total. The normalized spacial score (nSPS) is 12.6. The number of esters is 1. The second-order valence-corrected chi connectivity index (χ2v) is 25.3. The van der Waals surface area contributed by atoms with Crippen molar-refractivity contribution in [3.05, 3.63) is 24.3 Å². The molecule has 0 spiro atoms. The highest BCUT2D eigenvalue weighted by Gasteiger charge is 2.18. The Morgan fingerprint density at radius 3 is 0.900 bits per heavy atom. The molecule has 0 bridgehead atoms. The minimum Gasteiger partial charge on any atom is -0.466 e. The van der Waals surface area contributed by atoms with Gasteiger partial charge in [0, 0.05) is 12.8 Å². The Kier molecular flexibility index (Phi) is 68.4. The van der Waals surface area contributed by atoms with Crippen molar-refractivity contribution in [2.24, 2.45) is 0 Å². The number of amides is 1. The number of hydrogen-bond acceptors (Lipinski definition) is 5. The lowest BCUT2D eigenvalue weighted by molar-refractivity contribution is -0.143. The number of rotatable bonds is 69. The molecule has 0 saturated heterocycles. The zero-order chi connectivity index (χ0) is 57.8. The first-order chi connectivity index (χ1) is 39.5. The quantitative estimate of drug-likeness (QED) is 0.0320. The summed E-state index contributed by atoms with van der Waals surface area (Å²) in [6.45, 7) is 4.93. The number of carbonyl (C=O) groups is 2. The average molecular weight is 1130 g/mol. The summed E-state index contributed by atoms with van der Waals surface area (Å²) in [5.74, 6) is -0.0487. The van der Waals surface area contributed by atoms with Crippen molar-refractivity contribution in [2.45, 2.75) is 424 Å². The summed E-state index contributed by atoms with van der Waals surface area (Å²) in [6.07, 6.45) is 88.4. The van der Waals surface area contributed by atoms with Gasteiger partial charge in [0.15, 0.2) is 0 Å². The van der Waals surface area contributed by atoms with E-state index in [0.717, 1.165) is 44.9 Å². The number of allylic oxidation sites excluding steroid dienone is 3. The highest BCUT2D eigenvalue weighted by atomic mass is 16.5. The fraction of sp³-hybridized carbons (Fsp3) is 0.919. The number of nitrogens with one attached hydrogen (secondary N) is 1. The molecule has 0 fully saturated rings. The summed E-state index contributed by atoms with van der Waals surface area (Å²) >= 11 is 0. The summed E-state index contributed by atoms with van der Waals surface area (Å²) in [7, 11) is 0. The average Bonchev–Trinajstić information content (AvgIpc) is 3.46. The van der Waals surface area contributed by atoms with E-state index in [4.69, 9.17) is 4.74 Å². The van der Waals surface area contributed by atoms with Gasteiger partial charge in [-0.15, -0.1) is 0 Å². The molecule has 0 aliphatic heterocycles. The Hall–Kier alpha value is -1.66. The van der Waals surface area contributed by atoms with Crippen LogP contribution < -0.4 is 5.32 Å². The van der Waals surface area contributed by atoms with Crippen molar-refractivity contribution < 1.29 is 24.5 Å². The van der Waals surface area contributed by atoms with Crippen LogP contribution in [0.4, 0.5) is 0 Å². The van der Waals surface area contributed by atoms with Crippen LogP contribution in [0.1, 0.15) is 412 Å². The van der Waals surface area contributed by atoms with E-state index in [1.54, 1.807) is 6.08 Å². The van der Waals surface area contributed by atoms with Crippen molar-refractivity contribution in [1.82, 2.24) is 5.32 Å². The van der Waals surface area contributed by atoms with E-state index in [9.17, 15) is 19.8 Å². The molecular weight excluding hydrogens is 983 g/mol. The highest BCUT2D eigenvalue weighted by molar-refractivity contribution is 5.76. The van der Waals surface area contributed by atoms with Gasteiger partial charge in [0.2, 0.25) is 5.91 Å². The number of unbranched alkanes of at least 4 members (excludes halogenated alkanes) is 56. The summed E-state index contributed by atoms with van der Waals surface area (Å²) in [5.41, 5.74) is 0. The van der Waals surface area contributed by atoms with E-state index in [2.05, 4.69) is 31.3 Å². The lowest BCUT2D eigenvalue weighted by atomic mass is 10.0. The number of hydrogen-bond donors (Lipinski definition) is 3. The molecule has 0 rings (SSSR count). The van der Waals surface area contributed by atoms with Crippen molar-refractivity contribution in [3.8, 4) is 0 Å². The Balaban J connectivity index is 3.36. The van der Waals surface area contributed by atoms with E-state index in [0.29, 0.717) is 19.4 Å². The van der Waals surface area contributed by atoms with Crippen LogP contribution in [0.25, 0.3) is 0 Å². The van der Waals surface area contributed by atoms with Crippen LogP contribution >= 0.6 is 0 Å². The highest BCUT2D eigenvalue weighted by Crippen LogP contribution is 2.19. The summed E-state index contributed by atoms with van der Waals surface area (Å²) < 4.78 is 5.48. The van der Waals surface area contributed by atoms with Crippen LogP contribution in [-0.2, 0) is 14.3 Å². The number of aliphatic hydroxyl groups is 2. The Labute approximate surface area is 501 Å². The van der Waals surface area contributed by atoms with Gasteiger partial charge >= 0.3 is 5.97 Å². The third-order valence-electron chi connectivity index (χ3n) is 17.2. The monoisotopic (exact) mass is 1130 g/mol. The van der Waals surface area contributed by atoms with Gasteiger partial charge in [-0.05, 0) is 57.8 Å². The van der Waals surface area contributed by atoms with Crippen LogP contribution in [-0.4, -0.2) is 47.4 Å². The molecule has 0 aliphatic carbocycles. The van der Waals surface area contributed by atoms with Gasteiger partial charge in [-0.1, -0.05) is 366 Å². The molecule has 0 aromatic rings. The van der Waals surface area contributed by atoms with Crippen molar-refractivity contribution in [2.75, 3.05) is 13.2 Å². The summed E-state index contributed by atoms with van der Waals surface area (Å²) in [6, 6.07) is -0.625. The SMILES string of the molecule is CCCCCC/C=C\CCCCCCCC(=O)OCCCCCCCCCCCCCCCCCCCCCCCCCCCCCCCCC(=O)NC(CO)C(O)/C=C/CCCCCCCCCCCCCCCCCCCC. The Morgan fingerprint density at radius 2 is 0.588 bits per heavy atom. The number of aliphatic hydroxyl groups excluding tert-OH is 2. The third-order valence-corrected chi connectivity index (χ3v) is 17.2. The third kappa shape index (κ3) is 65.5. The summed E-state index contributed by atoms with van der Waals surface area (Å²) in [4.78, 5) is 24.6. The minimum absolute atomic E-state index is 0.0112. The van der Waals surface area contributed by atoms with Gasteiger partial charge in [0.1, 0.15) is 0 Å². The molecule has 6 nitrogen and oxygen atoms in total. The van der Waals surface area contributed by atoms with Crippen LogP contribution in [0, 0.1) is 0 Å². The molecule has 0 aromatic carbocycles. The standard InChI is InChI=1S/C74H143NO5/c1-3-5-7-9-11-13-15-17-18-19-20-33-36-39-43-46-50-54-58-62-66-72(77)71(70-76)75-73(78)67-63-59-55-51-47-44-40-37-34-31-29-27-25-23-21-22-24-26-28-30-32-35-38-41-45-49-53-57-61-65-69-80-74(79)68-64-60-56-52-48-42-16-14-12-10-8-6-4-2/h14,16,62,66,71-72,76-77H,3-13,15,17-61,63-65,67-70H2,1-2H3,(H,75,78)/b16-14-,66-62+. The fourth-order valence-electron chi connectivity index (χ4n) is 11.6. The number of ether oxygens (including phenoxy) is 1. The minimum atomic E-state index is -0.842. The van der Waals surface area contributed by atoms with E-state index in [1.165, 1.54) is 340 Å². The van der Waals surface area contributed by atoms with Crippen molar-refractivity contribution in [3.63, 3.8) is 0 Å². The molecule has 6 heteroatoms. The number of carbonyl (C=O) groups excluding carboxylic acids is 2. The predicted octanol–water partition coefficient (Wildman–Crippen LogP) is 23.7. The molecule has 0 radical (unpaired) electrons. The van der Waals surface area contributed by atoms with Crippen LogP contribution in [0.3, 0.4) is 0 Å². The van der Waals surface area contributed by atoms with Gasteiger partial charge in [-0.25, -0.2) is 0 Å². The van der Waals surface area contributed by atoms with Crippen molar-refractivity contribution >= 4 is 11.9 Å². The topological polar surface area (TPSA) is 95.9 Å². The van der Waals surface area contributed by atoms with Gasteiger partial charge in [0.05, 0.1) is 25.4 Å². The summed E-state index contributed by atoms with van der Waals surface area (Å²) in [5, 5.41) is 23.3. The Bertz CT molecular complexity index is 1250. The maximum absolute atomic E-state index is 12.5. The molecule has 0 saturated carbocycles. The molecule has 474 valence electrons. The molecule has 0 aromatic heterocycles. The molecule has 2 atom stereocenters. The largest absolute Gasteiger partial charge is 0.466 e. The maximum Gasteiger partial charge on any atom is 0.305 e. The van der Waals surface area contributed by atoms with Crippen LogP contribution in [0.2, 0.25) is 0 Å². The second-order valence-electron chi connectivity index (χ2n) is 25.3. The fourth-order valence-corrected chi connectivity index (χ4v) is 11.6. The van der Waals surface area contributed by atoms with Gasteiger partial charge in [-0.3, -0.25) is 9.59 Å². The maximum atomic E-state index is 12.5. The zero-order valence-corrected chi connectivity index (χ0v) is 54.3. The van der Waals surface area contributed by atoms with Gasteiger partial charge in [-0.2, -0.15) is 0 Å². The second kappa shape index (κ2) is 69.8. The van der Waals surface area contributed by atoms with Gasteiger partial charge in [0.25, 0.3) is 0 Å². The lowest BCUT2D eigenvalue weighted by Crippen LogP contribution is -2.45. The van der Waals surface area contributed by atoms with E-state index < -0.39 is 12.1 Å². The smallest absolute Gasteiger partial charge is 0.305 e. The van der Waals surface area contributed by atoms with Crippen molar-refractivity contribution in [1.29, 1.82) is 0 Å². The van der Waals surface area contributed by atoms with E-state index in [1.807, 2.05) is 6.08 Å². The first kappa shape index (κ1) is 78.3. The van der Waals surface area contributed by atoms with E-state index >= 15 is 0 Å². The Morgan fingerprint density at radius 1 is 0.338 bits per heavy atom. The van der Waals surface area contributed by atoms with E-state index in [-0.39, 0.29) is 18.5 Å². The first-order valence-electron chi connectivity index (χ1n) is 36.6. The molecular formula is C74H143NO5. The molecule has 1 amide bonds.